The lowest BCUT2D eigenvalue weighted by molar-refractivity contribution is -0.136. The number of carbonyl (C=O) groups excluding carboxylic acids is 1. The zero-order valence-electron chi connectivity index (χ0n) is 18.1. The first-order valence-electron chi connectivity index (χ1n) is 9.94. The van der Waals surface area contributed by atoms with E-state index in [0.29, 0.717) is 31.2 Å². The van der Waals surface area contributed by atoms with Crippen molar-refractivity contribution >= 4 is 40.7 Å². The third kappa shape index (κ3) is 3.89. The molecule has 0 N–H and O–H groups in total. The molecular formula is C24H22ClN3O3S. The molecule has 164 valence electrons. The number of rotatable bonds is 4. The zero-order valence-corrected chi connectivity index (χ0v) is 19.7. The highest BCUT2D eigenvalue weighted by atomic mass is 35.5. The predicted molar refractivity (Wildman–Crippen MR) is 128 cm³/mol. The van der Waals surface area contributed by atoms with Crippen LogP contribution in [0.1, 0.15) is 24.1 Å². The minimum Gasteiger partial charge on any atom is -0.466 e. The maximum absolute atomic E-state index is 13.5. The van der Waals surface area contributed by atoms with Crippen molar-refractivity contribution < 1.29 is 9.53 Å². The Balaban J connectivity index is 1.93. The molecule has 0 amide bonds. The van der Waals surface area contributed by atoms with Crippen LogP contribution in [0.15, 0.2) is 69.6 Å². The van der Waals surface area contributed by atoms with Gasteiger partial charge in [0.1, 0.15) is 6.04 Å². The molecule has 0 fully saturated rings. The highest BCUT2D eigenvalue weighted by Gasteiger charge is 2.34. The van der Waals surface area contributed by atoms with Gasteiger partial charge in [-0.15, -0.1) is 0 Å². The third-order valence-corrected chi connectivity index (χ3v) is 6.66. The first-order valence-corrected chi connectivity index (χ1v) is 11.1. The Morgan fingerprint density at radius 3 is 2.50 bits per heavy atom. The molecule has 1 aliphatic rings. The lowest BCUT2D eigenvalue weighted by Crippen LogP contribution is -2.39. The Hall–Kier alpha value is -3.16. The first-order chi connectivity index (χ1) is 15.3. The number of halogens is 1. The number of esters is 1. The predicted octanol–water partition coefficient (Wildman–Crippen LogP) is 3.13. The zero-order chi connectivity index (χ0) is 23.0. The summed E-state index contributed by atoms with van der Waals surface area (Å²) in [6.07, 6.45) is 1.84. The fraction of sp³-hybridized carbons (Fsp3) is 0.208. The number of hydrogen-bond acceptors (Lipinski definition) is 6. The molecule has 3 aromatic rings. The fourth-order valence-electron chi connectivity index (χ4n) is 3.70. The van der Waals surface area contributed by atoms with E-state index in [2.05, 4.69) is 4.99 Å². The second-order valence-corrected chi connectivity index (χ2v) is 9.00. The van der Waals surface area contributed by atoms with Gasteiger partial charge < -0.3 is 9.64 Å². The molecule has 2 heterocycles. The smallest absolute Gasteiger partial charge is 0.338 e. The third-order valence-electron chi connectivity index (χ3n) is 5.33. The standard InChI is InChI=1S/C24H22ClN3O3S/c1-14-20(23(30)31-4)21(17-7-5-6-8-18(17)25)28-22(29)19(32-24(28)26-14)13-15-9-11-16(12-10-15)27(2)3/h5-13,21H,1-4H3/b19-13+/t21-/m1/s1. The van der Waals surface area contributed by atoms with E-state index in [1.165, 1.54) is 23.0 Å². The molecular weight excluding hydrogens is 446 g/mol. The molecule has 32 heavy (non-hydrogen) atoms. The van der Waals surface area contributed by atoms with Crippen LogP contribution < -0.4 is 19.8 Å². The SMILES string of the molecule is COC(=O)C1=C(C)N=c2s/c(=C/c3ccc(N(C)C)cc3)c(=O)n2[C@@H]1c1ccccc1Cl. The number of allylic oxidation sites excluding steroid dienone is 1. The maximum Gasteiger partial charge on any atom is 0.338 e. The fourth-order valence-corrected chi connectivity index (χ4v) is 4.99. The van der Waals surface area contributed by atoms with Crippen molar-refractivity contribution in [1.82, 2.24) is 4.57 Å². The average Bonchev–Trinajstić information content (AvgIpc) is 3.07. The van der Waals surface area contributed by atoms with Crippen molar-refractivity contribution in [2.75, 3.05) is 26.1 Å². The Kier molecular flexibility index (Phi) is 6.04. The van der Waals surface area contributed by atoms with E-state index in [0.717, 1.165) is 11.3 Å². The van der Waals surface area contributed by atoms with Gasteiger partial charge in [-0.1, -0.05) is 53.3 Å². The van der Waals surface area contributed by atoms with Crippen LogP contribution in [0.25, 0.3) is 6.08 Å². The second kappa shape index (κ2) is 8.76. The summed E-state index contributed by atoms with van der Waals surface area (Å²) in [5.74, 6) is -0.537. The number of ether oxygens (including phenoxy) is 1. The van der Waals surface area contributed by atoms with Gasteiger partial charge in [0.15, 0.2) is 4.80 Å². The van der Waals surface area contributed by atoms with E-state index in [4.69, 9.17) is 16.3 Å². The van der Waals surface area contributed by atoms with Gasteiger partial charge in [0.2, 0.25) is 0 Å². The van der Waals surface area contributed by atoms with Gasteiger partial charge in [0, 0.05) is 24.8 Å². The highest BCUT2D eigenvalue weighted by Crippen LogP contribution is 2.34. The summed E-state index contributed by atoms with van der Waals surface area (Å²) in [4.78, 5) is 33.3. The van der Waals surface area contributed by atoms with Gasteiger partial charge in [0.25, 0.3) is 5.56 Å². The van der Waals surface area contributed by atoms with E-state index in [1.807, 2.05) is 61.5 Å². The summed E-state index contributed by atoms with van der Waals surface area (Å²) in [5, 5.41) is 0.461. The topological polar surface area (TPSA) is 63.9 Å². The number of aromatic nitrogens is 1. The van der Waals surface area contributed by atoms with Crippen molar-refractivity contribution in [3.05, 3.63) is 95.6 Å². The Morgan fingerprint density at radius 1 is 1.19 bits per heavy atom. The molecule has 0 unspecified atom stereocenters. The molecule has 6 nitrogen and oxygen atoms in total. The second-order valence-electron chi connectivity index (χ2n) is 7.58. The van der Waals surface area contributed by atoms with Crippen LogP contribution in [0.4, 0.5) is 5.69 Å². The summed E-state index contributed by atoms with van der Waals surface area (Å²) >= 11 is 7.77. The number of hydrogen-bond donors (Lipinski definition) is 0. The lowest BCUT2D eigenvalue weighted by Gasteiger charge is -2.25. The molecule has 0 bridgehead atoms. The van der Waals surface area contributed by atoms with Crippen LogP contribution in [0.5, 0.6) is 0 Å². The van der Waals surface area contributed by atoms with Crippen LogP contribution in [0, 0.1) is 0 Å². The monoisotopic (exact) mass is 467 g/mol. The lowest BCUT2D eigenvalue weighted by atomic mass is 9.96. The molecule has 0 spiro atoms. The van der Waals surface area contributed by atoms with Crippen molar-refractivity contribution in [3.8, 4) is 0 Å². The minimum absolute atomic E-state index is 0.232. The van der Waals surface area contributed by atoms with E-state index < -0.39 is 12.0 Å². The molecule has 1 atom stereocenters. The van der Waals surface area contributed by atoms with Crippen molar-refractivity contribution in [2.45, 2.75) is 13.0 Å². The molecule has 0 saturated carbocycles. The first kappa shape index (κ1) is 22.0. The van der Waals surface area contributed by atoms with Gasteiger partial charge >= 0.3 is 5.97 Å². The summed E-state index contributed by atoms with van der Waals surface area (Å²) in [7, 11) is 5.26. The molecule has 0 saturated heterocycles. The maximum atomic E-state index is 13.5. The summed E-state index contributed by atoms with van der Waals surface area (Å²) in [5.41, 5.74) is 3.19. The molecule has 1 aromatic heterocycles. The number of anilines is 1. The van der Waals surface area contributed by atoms with Crippen molar-refractivity contribution in [1.29, 1.82) is 0 Å². The quantitative estimate of drug-likeness (QED) is 0.553. The van der Waals surface area contributed by atoms with E-state index in [-0.39, 0.29) is 5.56 Å². The number of fused-ring (bicyclic) bond motifs is 1. The minimum atomic E-state index is -0.717. The Bertz CT molecular complexity index is 1400. The van der Waals surface area contributed by atoms with Crippen LogP contribution in [0.3, 0.4) is 0 Å². The van der Waals surface area contributed by atoms with E-state index in [1.54, 1.807) is 19.1 Å². The van der Waals surface area contributed by atoms with E-state index >= 15 is 0 Å². The Labute approximate surface area is 194 Å². The largest absolute Gasteiger partial charge is 0.466 e. The molecule has 0 radical (unpaired) electrons. The van der Waals surface area contributed by atoms with Gasteiger partial charge in [-0.2, -0.15) is 0 Å². The summed E-state index contributed by atoms with van der Waals surface area (Å²) in [6, 6.07) is 14.4. The highest BCUT2D eigenvalue weighted by molar-refractivity contribution is 7.07. The number of nitrogens with zero attached hydrogens (tertiary/aromatic N) is 3. The van der Waals surface area contributed by atoms with Crippen LogP contribution in [-0.2, 0) is 9.53 Å². The molecule has 1 aliphatic heterocycles. The Morgan fingerprint density at radius 2 is 1.88 bits per heavy atom. The van der Waals surface area contributed by atoms with Crippen molar-refractivity contribution in [3.63, 3.8) is 0 Å². The number of carbonyl (C=O) groups is 1. The van der Waals surface area contributed by atoms with Gasteiger partial charge in [-0.3, -0.25) is 9.36 Å². The normalized spacial score (nSPS) is 15.9. The van der Waals surface area contributed by atoms with Gasteiger partial charge in [0.05, 0.1) is 22.9 Å². The molecule has 0 aliphatic carbocycles. The van der Waals surface area contributed by atoms with Crippen LogP contribution >= 0.6 is 22.9 Å². The molecule has 8 heteroatoms. The van der Waals surface area contributed by atoms with Crippen LogP contribution in [0.2, 0.25) is 5.02 Å². The molecule has 2 aromatic carbocycles. The number of benzene rings is 2. The van der Waals surface area contributed by atoms with E-state index in [9.17, 15) is 9.59 Å². The number of thiazole rings is 1. The van der Waals surface area contributed by atoms with Gasteiger partial charge in [-0.25, -0.2) is 9.79 Å². The summed E-state index contributed by atoms with van der Waals surface area (Å²) in [6.45, 7) is 1.74. The summed E-state index contributed by atoms with van der Waals surface area (Å²) < 4.78 is 7.07. The number of methoxy groups -OCH3 is 1. The average molecular weight is 468 g/mol. The van der Waals surface area contributed by atoms with Gasteiger partial charge in [-0.05, 0) is 42.3 Å². The van der Waals surface area contributed by atoms with Crippen molar-refractivity contribution in [2.24, 2.45) is 4.99 Å². The molecule has 4 rings (SSSR count). The van der Waals surface area contributed by atoms with Crippen LogP contribution in [-0.4, -0.2) is 31.7 Å².